The Morgan fingerprint density at radius 2 is 2.21 bits per heavy atom. The van der Waals surface area contributed by atoms with Crippen LogP contribution in [-0.4, -0.2) is 37.5 Å². The highest BCUT2D eigenvalue weighted by Gasteiger charge is 2.17. The molecule has 0 aliphatic carbocycles. The summed E-state index contributed by atoms with van der Waals surface area (Å²) in [5.41, 5.74) is 8.72. The number of benzene rings is 1. The predicted octanol–water partition coefficient (Wildman–Crippen LogP) is 3.64. The van der Waals surface area contributed by atoms with Crippen LogP contribution in [0, 0.1) is 11.8 Å². The Morgan fingerprint density at radius 1 is 1.43 bits per heavy atom. The number of thiazole rings is 1. The summed E-state index contributed by atoms with van der Waals surface area (Å²) in [5, 5.41) is 6.86. The fourth-order valence-electron chi connectivity index (χ4n) is 2.66. The number of hydrogen-bond acceptors (Lipinski definition) is 9. The normalized spacial score (nSPS) is 15.0. The molecule has 0 unspecified atom stereocenters. The topological polar surface area (TPSA) is 105 Å². The van der Waals surface area contributed by atoms with Gasteiger partial charge in [0.2, 0.25) is 0 Å². The third-order valence-electron chi connectivity index (χ3n) is 4.05. The number of nitroso groups, excluding NO2 is 1. The van der Waals surface area contributed by atoms with Crippen LogP contribution in [0.25, 0.3) is 5.70 Å². The fraction of sp³-hybridized carbons (Fsp3) is 0.263. The van der Waals surface area contributed by atoms with Gasteiger partial charge in [-0.25, -0.2) is 9.98 Å². The fourth-order valence-corrected chi connectivity index (χ4v) is 3.72. The van der Waals surface area contributed by atoms with Crippen molar-refractivity contribution in [1.82, 2.24) is 4.98 Å². The second-order valence-corrected chi connectivity index (χ2v) is 7.10. The number of aryl methyl sites for hydroxylation is 1. The third kappa shape index (κ3) is 5.02. The minimum atomic E-state index is 0.336. The standard InChI is InChI=1S/C19H22N6O2S/c1-13-18(28-19(22-13)25-8-10-27-11-9-25)17(20)6-7-21-14(2)23-15-4-3-5-16(12-15)24-26/h3-7,12,23H,2,8-11,20H2,1H3/b17-6-,21-7?. The zero-order valence-corrected chi connectivity index (χ0v) is 16.4. The summed E-state index contributed by atoms with van der Waals surface area (Å²) in [5.74, 6) is 0.419. The van der Waals surface area contributed by atoms with Crippen LogP contribution in [-0.2, 0) is 4.74 Å². The van der Waals surface area contributed by atoms with Crippen LogP contribution in [0.3, 0.4) is 0 Å². The molecule has 3 N–H and O–H groups in total. The molecule has 0 bridgehead atoms. The molecule has 2 aromatic rings. The van der Waals surface area contributed by atoms with Crippen molar-refractivity contribution in [2.24, 2.45) is 15.9 Å². The molecule has 0 saturated carbocycles. The number of aliphatic imine (C=N–C) groups is 1. The first kappa shape index (κ1) is 19.7. The summed E-state index contributed by atoms with van der Waals surface area (Å²) in [6.07, 6.45) is 3.31. The van der Waals surface area contributed by atoms with E-state index < -0.39 is 0 Å². The molecule has 1 fully saturated rings. The highest BCUT2D eigenvalue weighted by molar-refractivity contribution is 7.16. The van der Waals surface area contributed by atoms with Crippen LogP contribution in [0.5, 0.6) is 0 Å². The number of ether oxygens (including phenoxy) is 1. The monoisotopic (exact) mass is 398 g/mol. The Labute approximate surface area is 167 Å². The molecule has 1 aromatic carbocycles. The molecule has 28 heavy (non-hydrogen) atoms. The molecule has 1 saturated heterocycles. The van der Waals surface area contributed by atoms with Gasteiger partial charge in [-0.05, 0) is 36.4 Å². The lowest BCUT2D eigenvalue weighted by molar-refractivity contribution is 0.122. The van der Waals surface area contributed by atoms with E-state index in [2.05, 4.69) is 31.9 Å². The second-order valence-electron chi connectivity index (χ2n) is 6.12. The largest absolute Gasteiger partial charge is 0.397 e. The Balaban J connectivity index is 1.63. The van der Waals surface area contributed by atoms with Gasteiger partial charge in [0.05, 0.1) is 29.5 Å². The molecular weight excluding hydrogens is 376 g/mol. The molecule has 9 heteroatoms. The number of nitrogens with zero attached hydrogens (tertiary/aromatic N) is 4. The number of aromatic nitrogens is 1. The van der Waals surface area contributed by atoms with Crippen molar-refractivity contribution in [2.45, 2.75) is 6.92 Å². The molecule has 0 spiro atoms. The number of nitrogens with one attached hydrogen (secondary N) is 1. The Morgan fingerprint density at radius 3 is 2.96 bits per heavy atom. The lowest BCUT2D eigenvalue weighted by Crippen LogP contribution is -2.36. The maximum atomic E-state index is 10.6. The Kier molecular flexibility index (Phi) is 6.51. The number of allylic oxidation sites excluding steroid dienone is 1. The van der Waals surface area contributed by atoms with Gasteiger partial charge in [-0.1, -0.05) is 24.0 Å². The Hall–Kier alpha value is -3.04. The van der Waals surface area contributed by atoms with Gasteiger partial charge in [-0.3, -0.25) is 0 Å². The maximum Gasteiger partial charge on any atom is 0.186 e. The molecule has 146 valence electrons. The molecule has 0 atom stereocenters. The number of anilines is 2. The van der Waals surface area contributed by atoms with Crippen LogP contribution in [0.4, 0.5) is 16.5 Å². The van der Waals surface area contributed by atoms with E-state index in [0.29, 0.717) is 36.1 Å². The quantitative estimate of drug-likeness (QED) is 0.545. The molecule has 2 heterocycles. The molecule has 0 amide bonds. The van der Waals surface area contributed by atoms with Crippen molar-refractivity contribution in [3.8, 4) is 0 Å². The molecule has 3 rings (SSSR count). The van der Waals surface area contributed by atoms with Gasteiger partial charge in [0.1, 0.15) is 11.5 Å². The van der Waals surface area contributed by atoms with E-state index in [4.69, 9.17) is 10.5 Å². The van der Waals surface area contributed by atoms with Crippen molar-refractivity contribution in [3.63, 3.8) is 0 Å². The Bertz CT molecular complexity index is 915. The van der Waals surface area contributed by atoms with Gasteiger partial charge < -0.3 is 20.7 Å². The first-order chi connectivity index (χ1) is 13.6. The molecule has 1 aliphatic heterocycles. The highest BCUT2D eigenvalue weighted by Crippen LogP contribution is 2.29. The molecular formula is C19H22N6O2S. The van der Waals surface area contributed by atoms with Crippen molar-refractivity contribution in [1.29, 1.82) is 0 Å². The molecule has 8 nitrogen and oxygen atoms in total. The number of hydrogen-bond donors (Lipinski definition) is 2. The average molecular weight is 398 g/mol. The zero-order valence-electron chi connectivity index (χ0n) is 15.6. The van der Waals surface area contributed by atoms with Crippen molar-refractivity contribution in [3.05, 3.63) is 58.2 Å². The van der Waals surface area contributed by atoms with E-state index in [9.17, 15) is 4.91 Å². The highest BCUT2D eigenvalue weighted by atomic mass is 32.1. The van der Waals surface area contributed by atoms with Gasteiger partial charge in [0.25, 0.3) is 0 Å². The summed E-state index contributed by atoms with van der Waals surface area (Å²) in [6.45, 7) is 8.89. The number of rotatable bonds is 7. The summed E-state index contributed by atoms with van der Waals surface area (Å²) in [4.78, 5) is 22.6. The van der Waals surface area contributed by atoms with Gasteiger partial charge in [-0.2, -0.15) is 0 Å². The molecule has 0 radical (unpaired) electrons. The van der Waals surface area contributed by atoms with Crippen LogP contribution < -0.4 is 16.0 Å². The summed E-state index contributed by atoms with van der Waals surface area (Å²) in [6, 6.07) is 6.77. The van der Waals surface area contributed by atoms with Crippen molar-refractivity contribution >= 4 is 39.8 Å². The first-order valence-corrected chi connectivity index (χ1v) is 9.58. The van der Waals surface area contributed by atoms with E-state index in [-0.39, 0.29) is 0 Å². The molecule has 1 aliphatic rings. The summed E-state index contributed by atoms with van der Waals surface area (Å²) < 4.78 is 5.38. The SMILES string of the molecule is C=C(N=C/C=C(\N)c1sc(N2CCOCC2)nc1C)Nc1cccc(N=O)c1. The van der Waals surface area contributed by atoms with Crippen LogP contribution in [0.15, 0.2) is 52.9 Å². The van der Waals surface area contributed by atoms with E-state index in [1.54, 1.807) is 47.9 Å². The predicted molar refractivity (Wildman–Crippen MR) is 115 cm³/mol. The van der Waals surface area contributed by atoms with Gasteiger partial charge in [0.15, 0.2) is 5.13 Å². The van der Waals surface area contributed by atoms with Crippen molar-refractivity contribution < 1.29 is 4.74 Å². The third-order valence-corrected chi connectivity index (χ3v) is 5.32. The van der Waals surface area contributed by atoms with E-state index >= 15 is 0 Å². The lowest BCUT2D eigenvalue weighted by atomic mass is 10.3. The lowest BCUT2D eigenvalue weighted by Gasteiger charge is -2.26. The van der Waals surface area contributed by atoms with Crippen molar-refractivity contribution in [2.75, 3.05) is 36.5 Å². The van der Waals surface area contributed by atoms with Crippen LogP contribution in [0.1, 0.15) is 10.6 Å². The van der Waals surface area contributed by atoms with E-state index in [1.165, 1.54) is 0 Å². The van der Waals surface area contributed by atoms with Gasteiger partial charge in [-0.15, -0.1) is 4.91 Å². The number of morpholine rings is 1. The van der Waals surface area contributed by atoms with Crippen LogP contribution >= 0.6 is 11.3 Å². The zero-order chi connectivity index (χ0) is 19.9. The molecule has 1 aromatic heterocycles. The summed E-state index contributed by atoms with van der Waals surface area (Å²) in [7, 11) is 0. The van der Waals surface area contributed by atoms with Gasteiger partial charge in [0, 0.05) is 25.0 Å². The minimum Gasteiger partial charge on any atom is -0.397 e. The second kappa shape index (κ2) is 9.25. The average Bonchev–Trinajstić information content (AvgIpc) is 3.10. The van der Waals surface area contributed by atoms with E-state index in [1.807, 2.05) is 6.92 Å². The first-order valence-electron chi connectivity index (χ1n) is 8.76. The minimum absolute atomic E-state index is 0.336. The smallest absolute Gasteiger partial charge is 0.186 e. The number of nitrogens with two attached hydrogens (primary N) is 1. The maximum absolute atomic E-state index is 10.6. The van der Waals surface area contributed by atoms with E-state index in [0.717, 1.165) is 28.8 Å². The summed E-state index contributed by atoms with van der Waals surface area (Å²) >= 11 is 1.57. The van der Waals surface area contributed by atoms with Gasteiger partial charge >= 0.3 is 0 Å². The van der Waals surface area contributed by atoms with Crippen LogP contribution in [0.2, 0.25) is 0 Å².